The van der Waals surface area contributed by atoms with Crippen molar-refractivity contribution in [1.29, 1.82) is 0 Å². The first-order valence-electron chi connectivity index (χ1n) is 20.1. The van der Waals surface area contributed by atoms with E-state index in [1.165, 1.54) is 13.5 Å². The Balaban J connectivity index is 0.918. The molecule has 2 fully saturated rings. The zero-order chi connectivity index (χ0) is 40.7. The van der Waals surface area contributed by atoms with Crippen molar-refractivity contribution in [3.05, 3.63) is 127 Å². The lowest BCUT2D eigenvalue weighted by atomic mass is 10.0. The van der Waals surface area contributed by atoms with E-state index in [2.05, 4.69) is 83.7 Å². The number of aliphatic imine (C=N–C) groups is 1. The van der Waals surface area contributed by atoms with Crippen molar-refractivity contribution in [1.82, 2.24) is 39.7 Å². The minimum atomic E-state index is -0.761. The lowest BCUT2D eigenvalue weighted by molar-refractivity contribution is -0.188. The molecule has 4 atom stereocenters. The van der Waals surface area contributed by atoms with Gasteiger partial charge in [0.1, 0.15) is 17.7 Å². The number of anilines is 1. The van der Waals surface area contributed by atoms with Gasteiger partial charge in [0.2, 0.25) is 18.3 Å². The van der Waals surface area contributed by atoms with Crippen LogP contribution in [0.25, 0.3) is 33.6 Å². The number of likely N-dealkylation sites (tertiary alicyclic amines) is 2. The molecule has 0 saturated carbocycles. The highest BCUT2D eigenvalue weighted by Crippen LogP contribution is 2.36. The monoisotopic (exact) mass is 792 g/mol. The maximum Gasteiger partial charge on any atom is 0.252 e. The molecule has 3 N–H and O–H groups in total. The first-order valence-corrected chi connectivity index (χ1v) is 20.1. The summed E-state index contributed by atoms with van der Waals surface area (Å²) in [4.78, 5) is 70.5. The van der Waals surface area contributed by atoms with E-state index in [1.54, 1.807) is 18.5 Å². The number of nitrogens with zero attached hydrogens (tertiary/aromatic N) is 7. The van der Waals surface area contributed by atoms with E-state index in [-0.39, 0.29) is 29.8 Å². The summed E-state index contributed by atoms with van der Waals surface area (Å²) in [5.74, 6) is 1.93. The van der Waals surface area contributed by atoms with Crippen LogP contribution < -0.4 is 5.32 Å². The molecule has 0 unspecified atom stereocenters. The van der Waals surface area contributed by atoms with Crippen LogP contribution in [0.4, 0.5) is 5.95 Å². The first kappa shape index (κ1) is 39.2. The zero-order valence-corrected chi connectivity index (χ0v) is 33.4. The van der Waals surface area contributed by atoms with Crippen molar-refractivity contribution in [2.75, 3.05) is 25.5 Å². The Morgan fingerprint density at radius 2 is 1.25 bits per heavy atom. The molecule has 5 heterocycles. The smallest absolute Gasteiger partial charge is 0.252 e. The molecular formula is C45H48N10O4. The fourth-order valence-corrected chi connectivity index (χ4v) is 8.04. The first-order chi connectivity index (χ1) is 28.9. The summed E-state index contributed by atoms with van der Waals surface area (Å²) in [5.41, 5.74) is 6.73. The van der Waals surface area contributed by atoms with Crippen LogP contribution in [0.15, 0.2) is 115 Å². The number of amides is 2. The van der Waals surface area contributed by atoms with E-state index in [0.717, 1.165) is 76.5 Å². The number of carbonyl (C=O) groups excluding carboxylic acids is 2. The van der Waals surface area contributed by atoms with Gasteiger partial charge in [-0.3, -0.25) is 9.59 Å². The largest absolute Gasteiger partial charge is 0.342 e. The van der Waals surface area contributed by atoms with Gasteiger partial charge in [0.05, 0.1) is 43.0 Å². The van der Waals surface area contributed by atoms with Gasteiger partial charge in [0.15, 0.2) is 6.04 Å². The number of nitrogens with one attached hydrogen (secondary N) is 3. The number of imidazole rings is 2. The van der Waals surface area contributed by atoms with Crippen LogP contribution in [0.1, 0.15) is 74.9 Å². The number of aromatic amines is 2. The second-order valence-corrected chi connectivity index (χ2v) is 15.2. The van der Waals surface area contributed by atoms with E-state index >= 15 is 0 Å². The van der Waals surface area contributed by atoms with Crippen molar-refractivity contribution in [3.63, 3.8) is 0 Å². The van der Waals surface area contributed by atoms with Crippen molar-refractivity contribution < 1.29 is 19.4 Å². The Hall–Kier alpha value is -6.67. The SMILES string of the molecule is COO/C=N\[C@@H](C(=O)N1CCC[C@H]1c1ncc(-c2ccc(-c3ccc(-c4cnc([C@@H]5CCCN5C(=O)[C@H](Nc5ncccn5)C(C)C)[nH]4)cc3)cc2)[nH]1)c1ccccc1. The van der Waals surface area contributed by atoms with Gasteiger partial charge in [-0.15, -0.1) is 0 Å². The molecule has 59 heavy (non-hydrogen) atoms. The summed E-state index contributed by atoms with van der Waals surface area (Å²) in [5, 5.41) is 3.25. The van der Waals surface area contributed by atoms with Gasteiger partial charge < -0.3 is 30.0 Å². The molecular weight excluding hydrogens is 745 g/mol. The topological polar surface area (TPSA) is 167 Å². The van der Waals surface area contributed by atoms with Crippen LogP contribution in [-0.2, 0) is 19.4 Å². The number of hydrogen-bond acceptors (Lipinski definition) is 10. The van der Waals surface area contributed by atoms with Gasteiger partial charge >= 0.3 is 0 Å². The number of rotatable bonds is 14. The molecule has 2 saturated heterocycles. The normalized spacial score (nSPS) is 17.8. The fourth-order valence-electron chi connectivity index (χ4n) is 8.04. The van der Waals surface area contributed by atoms with Crippen LogP contribution in [0, 0.1) is 5.92 Å². The second kappa shape index (κ2) is 17.9. The van der Waals surface area contributed by atoms with Gasteiger partial charge in [0.25, 0.3) is 5.91 Å². The highest BCUT2D eigenvalue weighted by molar-refractivity contribution is 5.86. The Morgan fingerprint density at radius 1 is 0.729 bits per heavy atom. The Morgan fingerprint density at radius 3 is 1.78 bits per heavy atom. The standard InChI is InChI=1S/C45H48N10O4/c1-29(2)39(53-45-46-22-9-23-47-45)43(56)54-24-7-12-37(54)41-48-26-35(51-41)32-18-14-30(15-19-32)31-16-20-33(21-17-31)36-27-49-42(52-36)38-13-8-25-55(38)44(57)40(50-28-59-58-3)34-10-5-4-6-11-34/h4-6,9-11,14-23,26-29,37-40H,7-8,12-13,24-25H2,1-3H3,(H,48,51)(H,49,52)(H,46,47,53)/b50-28-/t37-,38-,39+,40+/m0/s1. The molecule has 0 bridgehead atoms. The van der Waals surface area contributed by atoms with Gasteiger partial charge in [-0.1, -0.05) is 92.7 Å². The van der Waals surface area contributed by atoms with Gasteiger partial charge in [-0.05, 0) is 65.5 Å². The maximum absolute atomic E-state index is 13.9. The van der Waals surface area contributed by atoms with Crippen LogP contribution in [0.5, 0.6) is 0 Å². The number of carbonyl (C=O) groups is 2. The molecule has 0 spiro atoms. The van der Waals surface area contributed by atoms with Gasteiger partial charge in [0, 0.05) is 25.5 Å². The van der Waals surface area contributed by atoms with E-state index in [9.17, 15) is 9.59 Å². The highest BCUT2D eigenvalue weighted by atomic mass is 17.2. The Bertz CT molecular complexity index is 2350. The van der Waals surface area contributed by atoms with Crippen molar-refractivity contribution in [2.24, 2.45) is 10.9 Å². The highest BCUT2D eigenvalue weighted by Gasteiger charge is 2.38. The number of aromatic nitrogens is 6. The van der Waals surface area contributed by atoms with E-state index in [1.807, 2.05) is 66.4 Å². The van der Waals surface area contributed by atoms with Crippen LogP contribution in [0.3, 0.4) is 0 Å². The average Bonchev–Trinajstić information content (AvgIpc) is 4.12. The second-order valence-electron chi connectivity index (χ2n) is 15.2. The molecule has 8 rings (SSSR count). The lowest BCUT2D eigenvalue weighted by Gasteiger charge is -2.30. The van der Waals surface area contributed by atoms with Crippen LogP contribution in [-0.4, -0.2) is 84.2 Å². The van der Waals surface area contributed by atoms with Crippen molar-refractivity contribution >= 4 is 24.2 Å². The maximum atomic E-state index is 13.9. The molecule has 0 radical (unpaired) electrons. The minimum absolute atomic E-state index is 0.0253. The summed E-state index contributed by atoms with van der Waals surface area (Å²) < 4.78 is 0. The molecule has 2 aliphatic heterocycles. The van der Waals surface area contributed by atoms with Crippen molar-refractivity contribution in [3.8, 4) is 33.6 Å². The summed E-state index contributed by atoms with van der Waals surface area (Å²) in [6.45, 7) is 5.34. The third-order valence-corrected chi connectivity index (χ3v) is 11.1. The van der Waals surface area contributed by atoms with Gasteiger partial charge in [-0.2, -0.15) is 4.89 Å². The summed E-state index contributed by atoms with van der Waals surface area (Å²) in [6, 6.07) is 26.4. The van der Waals surface area contributed by atoms with Crippen LogP contribution in [0.2, 0.25) is 0 Å². The Kier molecular flexibility index (Phi) is 11.9. The number of hydrogen-bond donors (Lipinski definition) is 3. The van der Waals surface area contributed by atoms with E-state index in [4.69, 9.17) is 14.9 Å². The summed E-state index contributed by atoms with van der Waals surface area (Å²) >= 11 is 0. The third kappa shape index (κ3) is 8.63. The molecule has 14 heteroatoms. The van der Waals surface area contributed by atoms with Crippen molar-refractivity contribution in [2.45, 2.75) is 63.7 Å². The summed E-state index contributed by atoms with van der Waals surface area (Å²) in [6.07, 6.45) is 11.6. The number of H-pyrrole nitrogens is 2. The zero-order valence-electron chi connectivity index (χ0n) is 33.4. The number of benzene rings is 3. The fraction of sp³-hybridized carbons (Fsp3) is 0.311. The molecule has 3 aromatic heterocycles. The van der Waals surface area contributed by atoms with Gasteiger partial charge in [-0.25, -0.2) is 24.9 Å². The Labute approximate surface area is 343 Å². The molecule has 14 nitrogen and oxygen atoms in total. The summed E-state index contributed by atoms with van der Waals surface area (Å²) in [7, 11) is 1.39. The predicted octanol–water partition coefficient (Wildman–Crippen LogP) is 7.74. The average molecular weight is 793 g/mol. The van der Waals surface area contributed by atoms with Crippen LogP contribution >= 0.6 is 0 Å². The molecule has 2 amide bonds. The lowest BCUT2D eigenvalue weighted by Crippen LogP contribution is -2.45. The molecule has 302 valence electrons. The molecule has 6 aromatic rings. The molecule has 2 aliphatic rings. The predicted molar refractivity (Wildman–Crippen MR) is 224 cm³/mol. The molecule has 3 aromatic carbocycles. The molecule has 0 aliphatic carbocycles. The minimum Gasteiger partial charge on any atom is -0.342 e. The quantitative estimate of drug-likeness (QED) is 0.0433. The third-order valence-electron chi connectivity index (χ3n) is 11.1. The van der Waals surface area contributed by atoms with E-state index < -0.39 is 12.1 Å². The van der Waals surface area contributed by atoms with E-state index in [0.29, 0.717) is 19.0 Å².